The Balaban J connectivity index is 2.14. The Morgan fingerprint density at radius 1 is 1.43 bits per heavy atom. The van der Waals surface area contributed by atoms with E-state index in [1.807, 2.05) is 18.2 Å². The fourth-order valence-electron chi connectivity index (χ4n) is 2.98. The molecule has 0 radical (unpaired) electrons. The van der Waals surface area contributed by atoms with Gasteiger partial charge in [-0.05, 0) is 25.3 Å². The van der Waals surface area contributed by atoms with Crippen molar-refractivity contribution in [2.45, 2.75) is 37.7 Å². The maximum absolute atomic E-state index is 11.0. The number of terminal acetylenes is 1. The molecule has 21 heavy (non-hydrogen) atoms. The first-order valence-corrected chi connectivity index (χ1v) is 7.32. The van der Waals surface area contributed by atoms with Crippen LogP contribution in [0.15, 0.2) is 24.3 Å². The summed E-state index contributed by atoms with van der Waals surface area (Å²) in [6, 6.07) is 7.36. The summed E-state index contributed by atoms with van der Waals surface area (Å²) >= 11 is 0. The molecule has 0 aromatic heterocycles. The van der Waals surface area contributed by atoms with Crippen molar-refractivity contribution in [3.8, 4) is 24.2 Å². The van der Waals surface area contributed by atoms with E-state index in [0.29, 0.717) is 12.0 Å². The van der Waals surface area contributed by atoms with E-state index >= 15 is 0 Å². The van der Waals surface area contributed by atoms with Crippen LogP contribution in [0.1, 0.15) is 48.0 Å². The Morgan fingerprint density at radius 2 is 2.24 bits per heavy atom. The molecular formula is C19H20O2. The highest BCUT2D eigenvalue weighted by molar-refractivity contribution is 5.79. The second kappa shape index (κ2) is 7.11. The summed E-state index contributed by atoms with van der Waals surface area (Å²) in [7, 11) is 1.69. The highest BCUT2D eigenvalue weighted by Crippen LogP contribution is 2.37. The van der Waals surface area contributed by atoms with Crippen molar-refractivity contribution in [3.05, 3.63) is 35.4 Å². The van der Waals surface area contributed by atoms with Crippen LogP contribution < -0.4 is 0 Å². The average Bonchev–Trinajstić information content (AvgIpc) is 2.56. The molecule has 0 aliphatic heterocycles. The Labute approximate surface area is 126 Å². The highest BCUT2D eigenvalue weighted by Gasteiger charge is 2.38. The number of benzene rings is 1. The van der Waals surface area contributed by atoms with Gasteiger partial charge in [-0.25, -0.2) is 0 Å². The lowest BCUT2D eigenvalue weighted by molar-refractivity contribution is -0.0339. The largest absolute Gasteiger partial charge is 0.365 e. The van der Waals surface area contributed by atoms with Crippen LogP contribution in [0.3, 0.4) is 0 Å². The first-order chi connectivity index (χ1) is 10.3. The Bertz CT molecular complexity index is 600. The number of carbonyl (C=O) groups excluding carboxylic acids is 1. The minimum atomic E-state index is -0.475. The maximum atomic E-state index is 11.0. The summed E-state index contributed by atoms with van der Waals surface area (Å²) in [6.45, 7) is 0. The minimum Gasteiger partial charge on any atom is -0.365 e. The Kier molecular flexibility index (Phi) is 5.20. The number of rotatable bonds is 3. The van der Waals surface area contributed by atoms with Gasteiger partial charge in [0.25, 0.3) is 0 Å². The topological polar surface area (TPSA) is 26.3 Å². The standard InChI is InChI=1S/C19H20O2/c1-3-19(21-2)14-7-6-12-18(19)13-8-11-16-9-4-5-10-17(16)15-20/h1,4-5,9-10,15,18H,6-7,12-14H2,2H3/t18-,19-/m1/s1. The second-order valence-corrected chi connectivity index (χ2v) is 5.39. The molecule has 0 amide bonds. The summed E-state index contributed by atoms with van der Waals surface area (Å²) in [5.41, 5.74) is 0.924. The van der Waals surface area contributed by atoms with Crippen molar-refractivity contribution in [3.63, 3.8) is 0 Å². The van der Waals surface area contributed by atoms with E-state index in [-0.39, 0.29) is 5.92 Å². The lowest BCUT2D eigenvalue weighted by Crippen LogP contribution is -2.41. The van der Waals surface area contributed by atoms with Gasteiger partial charge in [0.1, 0.15) is 5.60 Å². The zero-order valence-electron chi connectivity index (χ0n) is 12.4. The SMILES string of the molecule is C#C[C@@]1(OC)CCCC[C@@H]1CC#Cc1ccccc1C=O. The molecule has 1 aromatic carbocycles. The van der Waals surface area contributed by atoms with Crippen LogP contribution >= 0.6 is 0 Å². The predicted molar refractivity (Wildman–Crippen MR) is 83.9 cm³/mol. The van der Waals surface area contributed by atoms with Gasteiger partial charge in [0.15, 0.2) is 6.29 Å². The molecule has 0 unspecified atom stereocenters. The van der Waals surface area contributed by atoms with Crippen molar-refractivity contribution in [1.82, 2.24) is 0 Å². The van der Waals surface area contributed by atoms with Crippen molar-refractivity contribution in [2.75, 3.05) is 7.11 Å². The van der Waals surface area contributed by atoms with Crippen molar-refractivity contribution in [2.24, 2.45) is 5.92 Å². The Morgan fingerprint density at radius 3 is 2.95 bits per heavy atom. The zero-order chi connectivity index (χ0) is 15.1. The number of hydrogen-bond acceptors (Lipinski definition) is 2. The van der Waals surface area contributed by atoms with Gasteiger partial charge in [0.05, 0.1) is 0 Å². The first kappa shape index (κ1) is 15.4. The fraction of sp³-hybridized carbons (Fsp3) is 0.421. The molecule has 1 aliphatic carbocycles. The van der Waals surface area contributed by atoms with E-state index in [9.17, 15) is 4.79 Å². The normalized spacial score (nSPS) is 24.5. The van der Waals surface area contributed by atoms with Gasteiger partial charge in [-0.15, -0.1) is 6.42 Å². The van der Waals surface area contributed by atoms with Crippen LogP contribution in [-0.4, -0.2) is 19.0 Å². The molecule has 1 saturated carbocycles. The number of carbonyl (C=O) groups is 1. The van der Waals surface area contributed by atoms with Crippen LogP contribution in [0.5, 0.6) is 0 Å². The van der Waals surface area contributed by atoms with Crippen LogP contribution in [0.2, 0.25) is 0 Å². The second-order valence-electron chi connectivity index (χ2n) is 5.39. The minimum absolute atomic E-state index is 0.261. The van der Waals surface area contributed by atoms with Gasteiger partial charge < -0.3 is 4.74 Å². The summed E-state index contributed by atoms with van der Waals surface area (Å²) in [5.74, 6) is 9.38. The van der Waals surface area contributed by atoms with Crippen LogP contribution in [0, 0.1) is 30.1 Å². The van der Waals surface area contributed by atoms with Gasteiger partial charge >= 0.3 is 0 Å². The third-order valence-electron chi connectivity index (χ3n) is 4.28. The lowest BCUT2D eigenvalue weighted by Gasteiger charge is -2.38. The molecule has 0 heterocycles. The fourth-order valence-corrected chi connectivity index (χ4v) is 2.98. The molecule has 2 heteroatoms. The predicted octanol–water partition coefficient (Wildman–Crippen LogP) is 3.45. The monoisotopic (exact) mass is 280 g/mol. The summed E-state index contributed by atoms with van der Waals surface area (Å²) in [4.78, 5) is 11.0. The maximum Gasteiger partial charge on any atom is 0.151 e. The molecule has 108 valence electrons. The molecule has 2 atom stereocenters. The van der Waals surface area contributed by atoms with Gasteiger partial charge in [-0.2, -0.15) is 0 Å². The van der Waals surface area contributed by atoms with E-state index < -0.39 is 5.60 Å². The first-order valence-electron chi connectivity index (χ1n) is 7.32. The lowest BCUT2D eigenvalue weighted by atomic mass is 9.74. The third kappa shape index (κ3) is 3.35. The smallest absolute Gasteiger partial charge is 0.151 e. The Hall–Kier alpha value is -2.03. The molecule has 1 aliphatic rings. The summed E-state index contributed by atoms with van der Waals surface area (Å²) in [5, 5.41) is 0. The van der Waals surface area contributed by atoms with E-state index in [0.717, 1.165) is 31.1 Å². The summed E-state index contributed by atoms with van der Waals surface area (Å²) in [6.07, 6.45) is 11.5. The van der Waals surface area contributed by atoms with Gasteiger partial charge in [0, 0.05) is 30.6 Å². The molecule has 1 aromatic rings. The van der Waals surface area contributed by atoms with Gasteiger partial charge in [-0.1, -0.05) is 42.4 Å². The quantitative estimate of drug-likeness (QED) is 0.626. The van der Waals surface area contributed by atoms with Crippen LogP contribution in [0.4, 0.5) is 0 Å². The van der Waals surface area contributed by atoms with Crippen LogP contribution in [0.25, 0.3) is 0 Å². The van der Waals surface area contributed by atoms with E-state index in [2.05, 4.69) is 17.8 Å². The van der Waals surface area contributed by atoms with Crippen molar-refractivity contribution >= 4 is 6.29 Å². The van der Waals surface area contributed by atoms with Crippen LogP contribution in [-0.2, 0) is 4.74 Å². The van der Waals surface area contributed by atoms with Crippen molar-refractivity contribution in [1.29, 1.82) is 0 Å². The molecule has 0 bridgehead atoms. The zero-order valence-corrected chi connectivity index (χ0v) is 12.4. The molecule has 0 saturated heterocycles. The van der Waals surface area contributed by atoms with Crippen molar-refractivity contribution < 1.29 is 9.53 Å². The number of ether oxygens (including phenoxy) is 1. The average molecular weight is 280 g/mol. The summed E-state index contributed by atoms with van der Waals surface area (Å²) < 4.78 is 5.63. The molecule has 1 fully saturated rings. The molecule has 2 rings (SSSR count). The van der Waals surface area contributed by atoms with E-state index in [4.69, 9.17) is 11.2 Å². The number of hydrogen-bond donors (Lipinski definition) is 0. The van der Waals surface area contributed by atoms with E-state index in [1.165, 1.54) is 6.42 Å². The van der Waals surface area contributed by atoms with E-state index in [1.54, 1.807) is 13.2 Å². The molecule has 2 nitrogen and oxygen atoms in total. The highest BCUT2D eigenvalue weighted by atomic mass is 16.5. The number of aldehydes is 1. The molecular weight excluding hydrogens is 260 g/mol. The number of methoxy groups -OCH3 is 1. The molecule has 0 spiro atoms. The van der Waals surface area contributed by atoms with Gasteiger partial charge in [0.2, 0.25) is 0 Å². The molecule has 0 N–H and O–H groups in total. The third-order valence-corrected chi connectivity index (χ3v) is 4.28. The van der Waals surface area contributed by atoms with Gasteiger partial charge in [-0.3, -0.25) is 4.79 Å².